The Labute approximate surface area is 120 Å². The maximum atomic E-state index is 5.49. The third-order valence-electron chi connectivity index (χ3n) is 4.20. The van der Waals surface area contributed by atoms with Crippen molar-refractivity contribution in [2.24, 2.45) is 0 Å². The molecule has 0 saturated carbocycles. The molecule has 110 valence electrons. The van der Waals surface area contributed by atoms with Crippen LogP contribution in [0.5, 0.6) is 0 Å². The van der Waals surface area contributed by atoms with Gasteiger partial charge >= 0.3 is 0 Å². The minimum Gasteiger partial charge on any atom is -0.379 e. The molecule has 2 fully saturated rings. The monoisotopic (exact) mass is 276 g/mol. The zero-order chi connectivity index (χ0) is 13.6. The van der Waals surface area contributed by atoms with Crippen LogP contribution < -0.4 is 5.32 Å². The van der Waals surface area contributed by atoms with Gasteiger partial charge in [-0.25, -0.2) is 0 Å². The van der Waals surface area contributed by atoms with Crippen LogP contribution in [-0.2, 0) is 4.74 Å². The maximum absolute atomic E-state index is 5.49. The molecule has 0 bridgehead atoms. The van der Waals surface area contributed by atoms with Gasteiger partial charge in [-0.2, -0.15) is 0 Å². The number of ether oxygens (including phenoxy) is 1. The molecule has 1 aromatic rings. The smallest absolute Gasteiger partial charge is 0.0594 e. The van der Waals surface area contributed by atoms with Gasteiger partial charge in [0.15, 0.2) is 0 Å². The first-order valence-corrected chi connectivity index (χ1v) is 7.58. The van der Waals surface area contributed by atoms with Crippen LogP contribution in [0.4, 0.5) is 0 Å². The Morgan fingerprint density at radius 3 is 2.70 bits per heavy atom. The summed E-state index contributed by atoms with van der Waals surface area (Å²) in [6.07, 6.45) is 3.87. The van der Waals surface area contributed by atoms with Crippen molar-refractivity contribution in [3.05, 3.63) is 30.1 Å². The van der Waals surface area contributed by atoms with Crippen LogP contribution in [0, 0.1) is 0 Å². The van der Waals surface area contributed by atoms with E-state index in [0.29, 0.717) is 6.04 Å². The molecule has 1 unspecified atom stereocenters. The summed E-state index contributed by atoms with van der Waals surface area (Å²) in [6, 6.07) is 4.68. The van der Waals surface area contributed by atoms with E-state index in [0.717, 1.165) is 59.0 Å². The summed E-state index contributed by atoms with van der Waals surface area (Å²) in [4.78, 5) is 9.41. The van der Waals surface area contributed by atoms with Gasteiger partial charge in [0.1, 0.15) is 0 Å². The van der Waals surface area contributed by atoms with Gasteiger partial charge in [0.05, 0.1) is 13.2 Å². The first-order valence-electron chi connectivity index (χ1n) is 7.58. The standard InChI is InChI=1S/C15H24N4O/c1-2-14(12-17-3-1)15(19-8-10-20-11-9-19)13-18-6-4-16-5-7-18/h1-3,12,15-16H,4-11,13H2. The Hall–Kier alpha value is -1.01. The van der Waals surface area contributed by atoms with Crippen LogP contribution in [0.2, 0.25) is 0 Å². The molecule has 5 nitrogen and oxygen atoms in total. The molecule has 1 aromatic heterocycles. The molecule has 2 aliphatic heterocycles. The summed E-state index contributed by atoms with van der Waals surface area (Å²) in [5, 5.41) is 3.42. The number of hydrogen-bond donors (Lipinski definition) is 1. The molecule has 0 spiro atoms. The van der Waals surface area contributed by atoms with E-state index in [-0.39, 0.29) is 0 Å². The highest BCUT2D eigenvalue weighted by Gasteiger charge is 2.25. The van der Waals surface area contributed by atoms with Gasteiger partial charge in [-0.05, 0) is 11.6 Å². The molecular formula is C15H24N4O. The second-order valence-electron chi connectivity index (χ2n) is 5.50. The minimum absolute atomic E-state index is 0.436. The van der Waals surface area contributed by atoms with Crippen LogP contribution in [0.1, 0.15) is 11.6 Å². The van der Waals surface area contributed by atoms with Crippen LogP contribution in [-0.4, -0.2) is 73.8 Å². The molecule has 0 aliphatic carbocycles. The highest BCUT2D eigenvalue weighted by atomic mass is 16.5. The Morgan fingerprint density at radius 1 is 1.20 bits per heavy atom. The summed E-state index contributed by atoms with van der Waals surface area (Å²) in [7, 11) is 0. The summed E-state index contributed by atoms with van der Waals surface area (Å²) in [5.74, 6) is 0. The summed E-state index contributed by atoms with van der Waals surface area (Å²) < 4.78 is 5.49. The Morgan fingerprint density at radius 2 is 2.00 bits per heavy atom. The third kappa shape index (κ3) is 3.55. The van der Waals surface area contributed by atoms with Crippen LogP contribution >= 0.6 is 0 Å². The molecule has 1 N–H and O–H groups in total. The number of rotatable bonds is 4. The first-order chi connectivity index (χ1) is 9.93. The van der Waals surface area contributed by atoms with Gasteiger partial charge < -0.3 is 10.1 Å². The lowest BCUT2D eigenvalue weighted by molar-refractivity contribution is 0.00661. The number of nitrogens with zero attached hydrogens (tertiary/aromatic N) is 3. The summed E-state index contributed by atoms with van der Waals surface area (Å²) >= 11 is 0. The zero-order valence-corrected chi connectivity index (χ0v) is 12.0. The van der Waals surface area contributed by atoms with E-state index < -0.39 is 0 Å². The SMILES string of the molecule is c1cncc(C(CN2CCNCC2)N2CCOCC2)c1. The van der Waals surface area contributed by atoms with Crippen molar-refractivity contribution in [2.45, 2.75) is 6.04 Å². The van der Waals surface area contributed by atoms with E-state index in [1.165, 1.54) is 5.56 Å². The number of piperazine rings is 1. The van der Waals surface area contributed by atoms with Gasteiger partial charge in [-0.3, -0.25) is 14.8 Å². The van der Waals surface area contributed by atoms with E-state index >= 15 is 0 Å². The molecule has 5 heteroatoms. The van der Waals surface area contributed by atoms with Crippen molar-refractivity contribution in [1.29, 1.82) is 0 Å². The van der Waals surface area contributed by atoms with Gasteiger partial charge in [0.2, 0.25) is 0 Å². The van der Waals surface area contributed by atoms with E-state index in [1.807, 2.05) is 18.5 Å². The predicted octanol–water partition coefficient (Wildman–Crippen LogP) is 0.360. The molecule has 3 heterocycles. The van der Waals surface area contributed by atoms with Gasteiger partial charge in [0, 0.05) is 64.2 Å². The highest BCUT2D eigenvalue weighted by Crippen LogP contribution is 2.22. The second kappa shape index (κ2) is 7.13. The van der Waals surface area contributed by atoms with Crippen LogP contribution in [0.3, 0.4) is 0 Å². The molecule has 2 aliphatic rings. The average Bonchev–Trinajstić information content (AvgIpc) is 2.55. The molecule has 0 radical (unpaired) electrons. The van der Waals surface area contributed by atoms with Crippen LogP contribution in [0.25, 0.3) is 0 Å². The fourth-order valence-corrected chi connectivity index (χ4v) is 3.03. The largest absolute Gasteiger partial charge is 0.379 e. The Kier molecular flexibility index (Phi) is 4.97. The fraction of sp³-hybridized carbons (Fsp3) is 0.667. The zero-order valence-electron chi connectivity index (χ0n) is 12.0. The fourth-order valence-electron chi connectivity index (χ4n) is 3.03. The van der Waals surface area contributed by atoms with Crippen molar-refractivity contribution in [2.75, 3.05) is 59.0 Å². The van der Waals surface area contributed by atoms with Crippen molar-refractivity contribution < 1.29 is 4.74 Å². The number of hydrogen-bond acceptors (Lipinski definition) is 5. The number of morpholine rings is 1. The van der Waals surface area contributed by atoms with Crippen molar-refractivity contribution in [3.63, 3.8) is 0 Å². The van der Waals surface area contributed by atoms with Gasteiger partial charge in [-0.15, -0.1) is 0 Å². The normalized spacial score (nSPS) is 23.6. The Balaban J connectivity index is 1.72. The topological polar surface area (TPSA) is 40.6 Å². The van der Waals surface area contributed by atoms with Crippen molar-refractivity contribution in [1.82, 2.24) is 20.1 Å². The number of aromatic nitrogens is 1. The van der Waals surface area contributed by atoms with Gasteiger partial charge in [0.25, 0.3) is 0 Å². The van der Waals surface area contributed by atoms with Gasteiger partial charge in [-0.1, -0.05) is 6.07 Å². The summed E-state index contributed by atoms with van der Waals surface area (Å²) in [5.41, 5.74) is 1.33. The molecule has 3 rings (SSSR count). The van der Waals surface area contributed by atoms with E-state index in [4.69, 9.17) is 4.74 Å². The molecule has 2 saturated heterocycles. The Bertz CT molecular complexity index is 388. The lowest BCUT2D eigenvalue weighted by atomic mass is 10.1. The lowest BCUT2D eigenvalue weighted by Crippen LogP contribution is -2.49. The summed E-state index contributed by atoms with van der Waals surface area (Å²) in [6.45, 7) is 9.30. The van der Waals surface area contributed by atoms with E-state index in [1.54, 1.807) is 0 Å². The molecule has 1 atom stereocenters. The van der Waals surface area contributed by atoms with E-state index in [9.17, 15) is 0 Å². The molecule has 20 heavy (non-hydrogen) atoms. The third-order valence-corrected chi connectivity index (χ3v) is 4.20. The first kappa shape index (κ1) is 13.9. The second-order valence-corrected chi connectivity index (χ2v) is 5.50. The quantitative estimate of drug-likeness (QED) is 0.860. The minimum atomic E-state index is 0.436. The van der Waals surface area contributed by atoms with Crippen molar-refractivity contribution in [3.8, 4) is 0 Å². The van der Waals surface area contributed by atoms with Crippen molar-refractivity contribution >= 4 is 0 Å². The van der Waals surface area contributed by atoms with E-state index in [2.05, 4.69) is 26.2 Å². The lowest BCUT2D eigenvalue weighted by Gasteiger charge is -2.38. The number of nitrogens with one attached hydrogen (secondary N) is 1. The van der Waals surface area contributed by atoms with Crippen LogP contribution in [0.15, 0.2) is 24.5 Å². The number of pyridine rings is 1. The highest BCUT2D eigenvalue weighted by molar-refractivity contribution is 5.15. The predicted molar refractivity (Wildman–Crippen MR) is 78.7 cm³/mol. The molecule has 0 aromatic carbocycles. The average molecular weight is 276 g/mol. The molecular weight excluding hydrogens is 252 g/mol. The molecule has 0 amide bonds. The maximum Gasteiger partial charge on any atom is 0.0594 e.